The molecule has 0 amide bonds. The molecule has 4 heteroatoms. The van der Waals surface area contributed by atoms with Gasteiger partial charge in [0, 0.05) is 0 Å². The Bertz CT molecular complexity index is 3.25. The van der Waals surface area contributed by atoms with E-state index in [1.54, 1.807) is 0 Å². The van der Waals surface area contributed by atoms with E-state index in [0.717, 1.165) is 0 Å². The third-order valence-corrected chi connectivity index (χ3v) is 0. The molecule has 0 heterocycles. The van der Waals surface area contributed by atoms with E-state index in [1.165, 1.54) is 0 Å². The fourth-order valence-corrected chi connectivity index (χ4v) is 0. The second-order valence-electron chi connectivity index (χ2n) is 0. The molecule has 0 aromatic heterocycles. The number of halogens is 3. The molecule has 4 heavy (non-hydrogen) atoms. The molecule has 0 saturated heterocycles. The molecule has 0 bridgehead atoms. The van der Waals surface area contributed by atoms with Crippen LogP contribution in [0.2, 0.25) is 0 Å². The second kappa shape index (κ2) is 6700. The molecule has 0 unspecified atom stereocenters. The first kappa shape index (κ1) is 20400. The van der Waals surface area contributed by atoms with E-state index in [9.17, 15) is 0 Å². The Labute approximate surface area is 25.5 Å². The monoisotopic (exact) mass is 66.0 g/mol. The van der Waals surface area contributed by atoms with Gasteiger partial charge in [-0.25, -0.2) is 0 Å². The first-order valence-corrected chi connectivity index (χ1v) is 0. The maximum absolute atomic E-state index is 0. The third kappa shape index (κ3) is 1060. The van der Waals surface area contributed by atoms with Crippen molar-refractivity contribution < 1.29 is 14.1 Å². The summed E-state index contributed by atoms with van der Waals surface area (Å²) in [5.41, 5.74) is 0. The van der Waals surface area contributed by atoms with Gasteiger partial charge in [-0.2, -0.15) is 0 Å². The molecular weight excluding hydrogens is 66.0 g/mol. The van der Waals surface area contributed by atoms with E-state index in [-0.39, 0.29) is 24.2 Å². The summed E-state index contributed by atoms with van der Waals surface area (Å²) in [5.74, 6) is 0. The summed E-state index contributed by atoms with van der Waals surface area (Å²) in [6.07, 6.45) is 0. The van der Waals surface area contributed by atoms with Gasteiger partial charge < -0.3 is 14.1 Å². The topological polar surface area (TPSA) is 0 Å². The summed E-state index contributed by atoms with van der Waals surface area (Å²) < 4.78 is 0. The van der Waals surface area contributed by atoms with Gasteiger partial charge in [0.2, 0.25) is 0 Å². The molecule has 0 nitrogen and oxygen atoms in total. The Morgan fingerprint density at radius 2 is 0.500 bits per heavy atom. The predicted octanol–water partition coefficient (Wildman–Crippen LogP) is -9.37. The minimum atomic E-state index is 0. The van der Waals surface area contributed by atoms with Gasteiger partial charge in [0.25, 0.3) is 0 Å². The number of hydrogen-bond acceptors (Lipinski definition) is 0. The largest absolute Gasteiger partial charge is 2.00 e. The molecule has 0 aliphatic heterocycles. The summed E-state index contributed by atoms with van der Waals surface area (Å²) in [5, 5.41) is 0. The van der Waals surface area contributed by atoms with Gasteiger partial charge in [0.15, 0.2) is 0 Å². The zero-order valence-electron chi connectivity index (χ0n) is 1.84. The van der Waals surface area contributed by atoms with Crippen molar-refractivity contribution in [2.24, 2.45) is 0 Å². The van der Waals surface area contributed by atoms with Gasteiger partial charge in [-0.15, -0.1) is 0 Å². The van der Waals surface area contributed by atoms with Crippen LogP contribution in [-0.4, -0.2) is 10.1 Å². The summed E-state index contributed by atoms with van der Waals surface area (Å²) in [6, 6.07) is 0. The van der Waals surface area contributed by atoms with Gasteiger partial charge in [0.1, 0.15) is 0 Å². The first-order chi connectivity index (χ1) is 0. The van der Waals surface area contributed by atoms with E-state index < -0.39 is 0 Å². The van der Waals surface area contributed by atoms with Crippen molar-refractivity contribution >= 4 is 10.1 Å². The van der Waals surface area contributed by atoms with Crippen molar-refractivity contribution in [3.8, 4) is 0 Å². The van der Waals surface area contributed by atoms with Crippen LogP contribution in [-0.2, 0) is 0 Å². The molecule has 0 aromatic carbocycles. The average Bonchev–Trinajstić information content (AvgIpc) is 0. The van der Waals surface area contributed by atoms with E-state index >= 15 is 0 Å². The molecule has 0 aromatic rings. The minimum Gasteiger partial charge on any atom is -1.00 e. The number of hydrogen-bond donors (Lipinski definition) is 0. The Hall–Kier alpha value is -0.0412. The van der Waals surface area contributed by atoms with Crippen LogP contribution < -0.4 is 14.1 Å². The predicted molar refractivity (Wildman–Crippen MR) is 5.75 cm³/mol. The van der Waals surface area contributed by atoms with Gasteiger partial charge >= 0.3 is 10.1 Å². The average molecular weight is 66.0 g/mol. The SMILES string of the molecule is [Be+2].[F-].[F-].[F-]. The van der Waals surface area contributed by atoms with Crippen LogP contribution in [0.15, 0.2) is 0 Å². The minimum absolute atomic E-state index is 0. The Kier molecular flexibility index (Phi) is 34200000. The fraction of sp³-hybridized carbons (Fsp3) is 0. The summed E-state index contributed by atoms with van der Waals surface area (Å²) in [6.45, 7) is 0. The molecule has 0 N–H and O–H groups in total. The van der Waals surface area contributed by atoms with E-state index in [0.29, 0.717) is 0 Å². The molecule has 0 radical (unpaired) electrons. The normalized spacial score (nSPS) is 0. The summed E-state index contributed by atoms with van der Waals surface area (Å²) in [7, 11) is 0. The van der Waals surface area contributed by atoms with Gasteiger partial charge in [-0.1, -0.05) is 0 Å². The standard InChI is InChI=1S/Be.3FH/h;3*1H/q+2;;;/p-3. The molecule has 0 atom stereocenters. The maximum atomic E-state index is 0. The zero-order valence-corrected chi connectivity index (χ0v) is 1.84. The van der Waals surface area contributed by atoms with Crippen LogP contribution >= 0.6 is 0 Å². The summed E-state index contributed by atoms with van der Waals surface area (Å²) in [4.78, 5) is 0. The van der Waals surface area contributed by atoms with Crippen molar-refractivity contribution in [2.75, 3.05) is 0 Å². The summed E-state index contributed by atoms with van der Waals surface area (Å²) >= 11 is 0. The van der Waals surface area contributed by atoms with Crippen LogP contribution in [0.25, 0.3) is 0 Å². The fourth-order valence-electron chi connectivity index (χ4n) is 0. The Balaban J connectivity index is 0. The Morgan fingerprint density at radius 1 is 0.500 bits per heavy atom. The number of rotatable bonds is 0. The van der Waals surface area contributed by atoms with Gasteiger partial charge in [-0.05, 0) is 0 Å². The maximum Gasteiger partial charge on any atom is 2.00 e. The van der Waals surface area contributed by atoms with Crippen LogP contribution in [0.1, 0.15) is 0 Å². The molecular formula is BeF3-. The van der Waals surface area contributed by atoms with Crippen molar-refractivity contribution in [3.05, 3.63) is 0 Å². The molecule has 24 valence electrons. The van der Waals surface area contributed by atoms with Crippen molar-refractivity contribution in [1.29, 1.82) is 0 Å². The molecule has 0 aliphatic carbocycles. The molecule has 0 aliphatic rings. The van der Waals surface area contributed by atoms with Crippen LogP contribution in [0.4, 0.5) is 0 Å². The van der Waals surface area contributed by atoms with E-state index in [4.69, 9.17) is 0 Å². The van der Waals surface area contributed by atoms with Gasteiger partial charge in [0.05, 0.1) is 0 Å². The smallest absolute Gasteiger partial charge is 1.00 e. The molecule has 0 spiro atoms. The van der Waals surface area contributed by atoms with Crippen LogP contribution in [0.3, 0.4) is 0 Å². The van der Waals surface area contributed by atoms with Crippen LogP contribution in [0.5, 0.6) is 0 Å². The van der Waals surface area contributed by atoms with Crippen molar-refractivity contribution in [2.45, 2.75) is 0 Å². The molecule has 0 saturated carbocycles. The first-order valence-electron chi connectivity index (χ1n) is 0. The van der Waals surface area contributed by atoms with E-state index in [1.807, 2.05) is 0 Å². The molecule has 0 fully saturated rings. The zero-order chi connectivity index (χ0) is 0. The van der Waals surface area contributed by atoms with E-state index in [2.05, 4.69) is 0 Å². The Morgan fingerprint density at radius 3 is 0.500 bits per heavy atom. The quantitative estimate of drug-likeness (QED) is 0.246. The second-order valence-corrected chi connectivity index (χ2v) is 0. The van der Waals surface area contributed by atoms with Crippen molar-refractivity contribution in [3.63, 3.8) is 0 Å². The third-order valence-electron chi connectivity index (χ3n) is 0. The van der Waals surface area contributed by atoms with Crippen LogP contribution in [0, 0.1) is 0 Å². The van der Waals surface area contributed by atoms with Gasteiger partial charge in [-0.3, -0.25) is 0 Å². The molecule has 0 rings (SSSR count). The van der Waals surface area contributed by atoms with Crippen molar-refractivity contribution in [1.82, 2.24) is 0 Å².